The molecule has 0 aromatic carbocycles. The summed E-state index contributed by atoms with van der Waals surface area (Å²) < 4.78 is 4.49. The van der Waals surface area contributed by atoms with Crippen molar-refractivity contribution in [2.45, 2.75) is 25.7 Å². The Hall–Kier alpha value is 0.0800. The molecule has 0 aromatic rings. The molecule has 96 valence electrons. The van der Waals surface area contributed by atoms with Crippen LogP contribution in [-0.4, -0.2) is 46.9 Å². The summed E-state index contributed by atoms with van der Waals surface area (Å²) in [6.45, 7) is 0.526. The van der Waals surface area contributed by atoms with Gasteiger partial charge in [-0.2, -0.15) is 0 Å². The van der Waals surface area contributed by atoms with Gasteiger partial charge in [0.05, 0.1) is 0 Å². The van der Waals surface area contributed by atoms with E-state index in [2.05, 4.69) is 4.74 Å². The van der Waals surface area contributed by atoms with Gasteiger partial charge < -0.3 is 7.59 Å². The molecule has 0 radical (unpaired) electrons. The second-order valence-electron chi connectivity index (χ2n) is 3.93. The first-order valence-electron chi connectivity index (χ1n) is 5.46. The van der Waals surface area contributed by atoms with E-state index in [4.69, 9.17) is 0 Å². The molecule has 9 heteroatoms. The van der Waals surface area contributed by atoms with Crippen molar-refractivity contribution in [1.29, 1.82) is 0 Å². The van der Waals surface area contributed by atoms with Crippen LogP contribution in [0.5, 0.6) is 0 Å². The molecule has 0 aromatic heterocycles. The van der Waals surface area contributed by atoms with Crippen LogP contribution in [0, 0.1) is 0 Å². The molecule has 0 bridgehead atoms. The Kier molecular flexibility index (Phi) is 8.42. The SMILES string of the molecule is O=C1CCCN1C(=O)OC(=O)N1CCCC1=O.[H-].[H-].[Na+].[Na+]. The largest absolute Gasteiger partial charge is 1.00 e. The first kappa shape index (κ1) is 19.1. The van der Waals surface area contributed by atoms with Crippen LogP contribution in [0.3, 0.4) is 0 Å². The van der Waals surface area contributed by atoms with Crippen molar-refractivity contribution in [3.63, 3.8) is 0 Å². The summed E-state index contributed by atoms with van der Waals surface area (Å²) >= 11 is 0. The van der Waals surface area contributed by atoms with E-state index < -0.39 is 12.2 Å². The normalized spacial score (nSPS) is 17.9. The van der Waals surface area contributed by atoms with E-state index in [1.54, 1.807) is 0 Å². The maximum absolute atomic E-state index is 11.5. The van der Waals surface area contributed by atoms with Crippen LogP contribution in [0.1, 0.15) is 28.5 Å². The summed E-state index contributed by atoms with van der Waals surface area (Å²) in [5.74, 6) is -0.703. The van der Waals surface area contributed by atoms with Crippen molar-refractivity contribution in [2.24, 2.45) is 0 Å². The minimum Gasteiger partial charge on any atom is -1.00 e. The molecular weight excluding hydrogens is 274 g/mol. The van der Waals surface area contributed by atoms with Crippen LogP contribution in [-0.2, 0) is 14.3 Å². The molecule has 0 N–H and O–H groups in total. The van der Waals surface area contributed by atoms with Crippen molar-refractivity contribution in [2.75, 3.05) is 13.1 Å². The number of hydrogen-bond donors (Lipinski definition) is 0. The van der Waals surface area contributed by atoms with Crippen LogP contribution >= 0.6 is 0 Å². The third-order valence-electron chi connectivity index (χ3n) is 2.76. The minimum atomic E-state index is -0.989. The monoisotopic (exact) mass is 288 g/mol. The standard InChI is InChI=1S/C10H12N2O5.2Na.2H/c13-7-3-1-5-11(7)9(15)17-10(16)12-6-2-4-8(12)14;;;;/h1-6H2;;;;/q;2*+1;2*-1. The summed E-state index contributed by atoms with van der Waals surface area (Å²) in [5.41, 5.74) is 0. The van der Waals surface area contributed by atoms with Gasteiger partial charge in [0.15, 0.2) is 0 Å². The number of carbonyl (C=O) groups is 4. The van der Waals surface area contributed by atoms with Crippen LogP contribution in [0.25, 0.3) is 0 Å². The number of likely N-dealkylation sites (tertiary alicyclic amines) is 2. The molecule has 2 saturated heterocycles. The molecular formula is C10H14N2Na2O5. The Labute approximate surface area is 157 Å². The van der Waals surface area contributed by atoms with Gasteiger partial charge in [0.2, 0.25) is 11.8 Å². The van der Waals surface area contributed by atoms with E-state index in [1.807, 2.05) is 0 Å². The second-order valence-corrected chi connectivity index (χ2v) is 3.93. The number of imide groups is 2. The van der Waals surface area contributed by atoms with Crippen LogP contribution in [0.4, 0.5) is 9.59 Å². The maximum atomic E-state index is 11.5. The quantitative estimate of drug-likeness (QED) is 0.328. The zero-order valence-electron chi connectivity index (χ0n) is 13.2. The minimum absolute atomic E-state index is 0. The molecule has 7 nitrogen and oxygen atoms in total. The van der Waals surface area contributed by atoms with Crippen LogP contribution < -0.4 is 59.1 Å². The fourth-order valence-electron chi connectivity index (χ4n) is 1.87. The predicted octanol–water partition coefficient (Wildman–Crippen LogP) is -5.28. The van der Waals surface area contributed by atoms with Gasteiger partial charge in [-0.05, 0) is 12.8 Å². The van der Waals surface area contributed by atoms with E-state index in [0.717, 1.165) is 9.80 Å². The Morgan fingerprint density at radius 3 is 1.53 bits per heavy atom. The van der Waals surface area contributed by atoms with Crippen LogP contribution in [0.2, 0.25) is 0 Å². The predicted molar refractivity (Wildman–Crippen MR) is 56.0 cm³/mol. The van der Waals surface area contributed by atoms with Crippen molar-refractivity contribution >= 4 is 24.0 Å². The molecule has 2 aliphatic rings. The third-order valence-corrected chi connectivity index (χ3v) is 2.76. The zero-order valence-corrected chi connectivity index (χ0v) is 15.2. The average Bonchev–Trinajstić information content (AvgIpc) is 2.86. The number of carbonyl (C=O) groups excluding carboxylic acids is 4. The smallest absolute Gasteiger partial charge is 1.00 e. The fourth-order valence-corrected chi connectivity index (χ4v) is 1.87. The molecule has 0 unspecified atom stereocenters. The Bertz CT molecular complexity index is 375. The molecule has 0 atom stereocenters. The molecule has 2 fully saturated rings. The van der Waals surface area contributed by atoms with Gasteiger partial charge >= 0.3 is 71.3 Å². The van der Waals surface area contributed by atoms with E-state index in [0.29, 0.717) is 12.8 Å². The van der Waals surface area contributed by atoms with E-state index in [-0.39, 0.29) is 99.7 Å². The van der Waals surface area contributed by atoms with E-state index >= 15 is 0 Å². The number of amides is 4. The Morgan fingerprint density at radius 1 is 0.895 bits per heavy atom. The zero-order chi connectivity index (χ0) is 12.4. The van der Waals surface area contributed by atoms with Gasteiger partial charge in [0, 0.05) is 25.9 Å². The fraction of sp³-hybridized carbons (Fsp3) is 0.600. The first-order chi connectivity index (χ1) is 8.09. The molecule has 0 saturated carbocycles. The summed E-state index contributed by atoms with van der Waals surface area (Å²) in [7, 11) is 0. The third kappa shape index (κ3) is 4.54. The number of hydrogen-bond acceptors (Lipinski definition) is 5. The Balaban J connectivity index is -0.000000810. The number of ether oxygens (including phenoxy) is 1. The van der Waals surface area contributed by atoms with Gasteiger partial charge in [-0.1, -0.05) is 0 Å². The summed E-state index contributed by atoms with van der Waals surface area (Å²) in [4.78, 5) is 47.1. The van der Waals surface area contributed by atoms with Gasteiger partial charge in [-0.15, -0.1) is 0 Å². The summed E-state index contributed by atoms with van der Waals surface area (Å²) in [6, 6.07) is 0. The summed E-state index contributed by atoms with van der Waals surface area (Å²) in [5, 5.41) is 0. The van der Waals surface area contributed by atoms with Crippen molar-refractivity contribution in [3.8, 4) is 0 Å². The molecule has 2 rings (SSSR count). The van der Waals surface area contributed by atoms with Gasteiger partial charge in [-0.3, -0.25) is 9.59 Å². The Morgan fingerprint density at radius 2 is 1.26 bits per heavy atom. The number of rotatable bonds is 0. The second kappa shape index (κ2) is 8.39. The molecule has 19 heavy (non-hydrogen) atoms. The molecule has 0 spiro atoms. The maximum Gasteiger partial charge on any atom is 1.00 e. The van der Waals surface area contributed by atoms with E-state index in [1.165, 1.54) is 0 Å². The average molecular weight is 288 g/mol. The van der Waals surface area contributed by atoms with Crippen LogP contribution in [0.15, 0.2) is 0 Å². The van der Waals surface area contributed by atoms with Crippen molar-refractivity contribution < 1.29 is 85.9 Å². The summed E-state index contributed by atoms with van der Waals surface area (Å²) in [6.07, 6.45) is -0.262. The van der Waals surface area contributed by atoms with Gasteiger partial charge in [-0.25, -0.2) is 19.4 Å². The first-order valence-corrected chi connectivity index (χ1v) is 5.46. The molecule has 2 aliphatic heterocycles. The van der Waals surface area contributed by atoms with Crippen molar-refractivity contribution in [3.05, 3.63) is 0 Å². The van der Waals surface area contributed by atoms with E-state index in [9.17, 15) is 19.2 Å². The molecule has 4 amide bonds. The van der Waals surface area contributed by atoms with Gasteiger partial charge in [0.25, 0.3) is 0 Å². The molecule has 0 aliphatic carbocycles. The van der Waals surface area contributed by atoms with Gasteiger partial charge in [0.1, 0.15) is 0 Å². The topological polar surface area (TPSA) is 84.0 Å². The number of nitrogens with zero attached hydrogens (tertiary/aromatic N) is 2. The molecule has 2 heterocycles. The van der Waals surface area contributed by atoms with Crippen molar-refractivity contribution in [1.82, 2.24) is 9.80 Å².